The van der Waals surface area contributed by atoms with E-state index in [2.05, 4.69) is 0 Å². The molecule has 0 aliphatic carbocycles. The first-order valence-corrected chi connectivity index (χ1v) is 4.61. The van der Waals surface area contributed by atoms with Crippen molar-refractivity contribution in [2.24, 2.45) is 5.73 Å². The predicted molar refractivity (Wildman–Crippen MR) is 46.7 cm³/mol. The van der Waals surface area contributed by atoms with Gasteiger partial charge in [0.15, 0.2) is 0 Å². The van der Waals surface area contributed by atoms with E-state index in [4.69, 9.17) is 5.73 Å². The van der Waals surface area contributed by atoms with E-state index in [1.165, 1.54) is 23.9 Å². The smallest absolute Gasteiger partial charge is 0.130 e. The van der Waals surface area contributed by atoms with Gasteiger partial charge < -0.3 is 5.73 Å². The van der Waals surface area contributed by atoms with Gasteiger partial charge in [0, 0.05) is 17.7 Å². The summed E-state index contributed by atoms with van der Waals surface area (Å²) in [5, 5.41) is 0. The Morgan fingerprint density at radius 3 is 2.67 bits per heavy atom. The monoisotopic (exact) mass is 189 g/mol. The lowest BCUT2D eigenvalue weighted by Gasteiger charge is -2.00. The molecule has 0 aliphatic heterocycles. The van der Waals surface area contributed by atoms with E-state index in [1.807, 2.05) is 0 Å². The molecule has 0 unspecified atom stereocenters. The Kier molecular flexibility index (Phi) is 3.49. The highest BCUT2D eigenvalue weighted by molar-refractivity contribution is 7.98. The number of thioether (sulfide) groups is 1. The van der Waals surface area contributed by atoms with E-state index < -0.39 is 11.6 Å². The Hall–Kier alpha value is -0.610. The molecule has 0 heterocycles. The Morgan fingerprint density at radius 1 is 1.33 bits per heavy atom. The van der Waals surface area contributed by atoms with Crippen LogP contribution in [-0.2, 0) is 5.75 Å². The van der Waals surface area contributed by atoms with Gasteiger partial charge in [-0.2, -0.15) is 0 Å². The van der Waals surface area contributed by atoms with Gasteiger partial charge in [0.05, 0.1) is 0 Å². The Labute approximate surface area is 74.0 Å². The van der Waals surface area contributed by atoms with Gasteiger partial charge in [-0.25, -0.2) is 8.78 Å². The first kappa shape index (κ1) is 9.48. The molecule has 0 bridgehead atoms. The number of benzene rings is 1. The molecule has 4 heteroatoms. The molecule has 1 aromatic carbocycles. The highest BCUT2D eigenvalue weighted by Gasteiger charge is 2.02. The fraction of sp³-hybridized carbons (Fsp3) is 0.250. The van der Waals surface area contributed by atoms with Gasteiger partial charge in [0.1, 0.15) is 11.6 Å². The van der Waals surface area contributed by atoms with Gasteiger partial charge in [0.25, 0.3) is 0 Å². The number of nitrogens with two attached hydrogens (primary N) is 1. The summed E-state index contributed by atoms with van der Waals surface area (Å²) >= 11 is 1.40. The van der Waals surface area contributed by atoms with E-state index in [9.17, 15) is 8.78 Å². The van der Waals surface area contributed by atoms with Crippen LogP contribution in [0.5, 0.6) is 0 Å². The maximum Gasteiger partial charge on any atom is 0.130 e. The van der Waals surface area contributed by atoms with Crippen molar-refractivity contribution in [3.63, 3.8) is 0 Å². The molecule has 1 rings (SSSR count). The topological polar surface area (TPSA) is 26.0 Å². The molecule has 66 valence electrons. The third kappa shape index (κ3) is 2.46. The standard InChI is InChI=1S/C8H9F2NS/c9-7-2-1-6(4-12-5-11)8(10)3-7/h1-3H,4-5,11H2. The molecule has 1 nitrogen and oxygen atoms in total. The van der Waals surface area contributed by atoms with E-state index in [0.29, 0.717) is 17.2 Å². The van der Waals surface area contributed by atoms with Crippen molar-refractivity contribution >= 4 is 11.8 Å². The van der Waals surface area contributed by atoms with Crippen molar-refractivity contribution < 1.29 is 8.78 Å². The molecule has 1 aromatic rings. The molecular formula is C8H9F2NS. The highest BCUT2D eigenvalue weighted by atomic mass is 32.2. The van der Waals surface area contributed by atoms with Crippen LogP contribution in [0.4, 0.5) is 8.78 Å². The number of halogens is 2. The summed E-state index contributed by atoms with van der Waals surface area (Å²) in [5.74, 6) is -0.121. The van der Waals surface area contributed by atoms with Crippen LogP contribution in [0.25, 0.3) is 0 Å². The molecule has 12 heavy (non-hydrogen) atoms. The van der Waals surface area contributed by atoms with E-state index >= 15 is 0 Å². The summed E-state index contributed by atoms with van der Waals surface area (Å²) in [4.78, 5) is 0. The highest BCUT2D eigenvalue weighted by Crippen LogP contribution is 2.15. The second kappa shape index (κ2) is 4.42. The average Bonchev–Trinajstić information content (AvgIpc) is 2.03. The number of rotatable bonds is 3. The lowest BCUT2D eigenvalue weighted by atomic mass is 10.2. The minimum absolute atomic E-state index is 0.441. The lowest BCUT2D eigenvalue weighted by Crippen LogP contribution is -1.95. The molecule has 0 amide bonds. The van der Waals surface area contributed by atoms with E-state index in [1.54, 1.807) is 0 Å². The molecule has 0 saturated carbocycles. The molecule has 2 N–H and O–H groups in total. The summed E-state index contributed by atoms with van der Waals surface area (Å²) in [6.45, 7) is 0. The van der Waals surface area contributed by atoms with Crippen molar-refractivity contribution in [3.8, 4) is 0 Å². The molecule has 0 spiro atoms. The van der Waals surface area contributed by atoms with Gasteiger partial charge >= 0.3 is 0 Å². The normalized spacial score (nSPS) is 10.2. The molecule has 0 fully saturated rings. The maximum atomic E-state index is 12.9. The van der Waals surface area contributed by atoms with Gasteiger partial charge in [-0.05, 0) is 11.6 Å². The molecule has 0 radical (unpaired) electrons. The van der Waals surface area contributed by atoms with Crippen LogP contribution in [0.15, 0.2) is 18.2 Å². The van der Waals surface area contributed by atoms with Crippen LogP contribution in [0, 0.1) is 11.6 Å². The fourth-order valence-corrected chi connectivity index (χ4v) is 1.38. The maximum absolute atomic E-state index is 12.9. The zero-order chi connectivity index (χ0) is 8.97. The first-order chi connectivity index (χ1) is 5.74. The van der Waals surface area contributed by atoms with Crippen LogP contribution in [0.1, 0.15) is 5.56 Å². The zero-order valence-electron chi connectivity index (χ0n) is 6.39. The number of hydrogen-bond acceptors (Lipinski definition) is 2. The van der Waals surface area contributed by atoms with Crippen LogP contribution >= 0.6 is 11.8 Å². The van der Waals surface area contributed by atoms with Gasteiger partial charge in [-0.3, -0.25) is 0 Å². The van der Waals surface area contributed by atoms with Gasteiger partial charge in [-0.15, -0.1) is 11.8 Å². The Balaban J connectivity index is 2.72. The third-order valence-corrected chi connectivity index (χ3v) is 2.14. The minimum atomic E-state index is -0.547. The minimum Gasteiger partial charge on any atom is -0.322 e. The largest absolute Gasteiger partial charge is 0.322 e. The van der Waals surface area contributed by atoms with Crippen LogP contribution in [0.3, 0.4) is 0 Å². The Bertz CT molecular complexity index is 265. The van der Waals surface area contributed by atoms with Crippen LogP contribution < -0.4 is 5.73 Å². The van der Waals surface area contributed by atoms with Gasteiger partial charge in [-0.1, -0.05) is 6.07 Å². The van der Waals surface area contributed by atoms with Crippen molar-refractivity contribution in [2.75, 3.05) is 5.88 Å². The van der Waals surface area contributed by atoms with E-state index in [-0.39, 0.29) is 0 Å². The van der Waals surface area contributed by atoms with Crippen LogP contribution in [0.2, 0.25) is 0 Å². The van der Waals surface area contributed by atoms with Crippen LogP contribution in [-0.4, -0.2) is 5.88 Å². The first-order valence-electron chi connectivity index (χ1n) is 3.46. The van der Waals surface area contributed by atoms with Crippen molar-refractivity contribution in [1.29, 1.82) is 0 Å². The molecule has 0 atom stereocenters. The molecule has 0 aromatic heterocycles. The second-order valence-electron chi connectivity index (χ2n) is 2.25. The predicted octanol–water partition coefficient (Wildman–Crippen LogP) is 2.11. The lowest BCUT2D eigenvalue weighted by molar-refractivity contribution is 0.576. The second-order valence-corrected chi connectivity index (χ2v) is 3.28. The summed E-state index contributed by atoms with van der Waals surface area (Å²) in [6, 6.07) is 3.56. The summed E-state index contributed by atoms with van der Waals surface area (Å²) < 4.78 is 25.3. The SMILES string of the molecule is NCSCc1ccc(F)cc1F. The summed E-state index contributed by atoms with van der Waals surface area (Å²) in [7, 11) is 0. The fourth-order valence-electron chi connectivity index (χ4n) is 0.808. The number of hydrogen-bond donors (Lipinski definition) is 1. The summed E-state index contributed by atoms with van der Waals surface area (Å²) in [6.07, 6.45) is 0. The van der Waals surface area contributed by atoms with Gasteiger partial charge in [0.2, 0.25) is 0 Å². The zero-order valence-corrected chi connectivity index (χ0v) is 7.20. The Morgan fingerprint density at radius 2 is 2.08 bits per heavy atom. The van der Waals surface area contributed by atoms with Crippen molar-refractivity contribution in [3.05, 3.63) is 35.4 Å². The molecule has 0 aliphatic rings. The summed E-state index contributed by atoms with van der Waals surface area (Å²) in [5.41, 5.74) is 5.72. The van der Waals surface area contributed by atoms with Crippen molar-refractivity contribution in [2.45, 2.75) is 5.75 Å². The third-order valence-electron chi connectivity index (χ3n) is 1.39. The quantitative estimate of drug-likeness (QED) is 0.737. The van der Waals surface area contributed by atoms with E-state index in [0.717, 1.165) is 6.07 Å². The van der Waals surface area contributed by atoms with Crippen molar-refractivity contribution in [1.82, 2.24) is 0 Å². The average molecular weight is 189 g/mol. The molecular weight excluding hydrogens is 180 g/mol. The molecule has 0 saturated heterocycles.